The average Bonchev–Trinajstić information content (AvgIpc) is 2.08. The van der Waals surface area contributed by atoms with E-state index in [0.29, 0.717) is 5.75 Å². The normalized spacial score (nSPS) is 10.5. The third-order valence-corrected chi connectivity index (χ3v) is 2.73. The lowest BCUT2D eigenvalue weighted by Gasteiger charge is -2.06. The molecule has 0 aliphatic rings. The molecule has 0 bridgehead atoms. The lowest BCUT2D eigenvalue weighted by molar-refractivity contribution is 0.403. The number of rotatable bonds is 2. The van der Waals surface area contributed by atoms with E-state index in [9.17, 15) is 8.42 Å². The zero-order valence-corrected chi connectivity index (χ0v) is 8.72. The van der Waals surface area contributed by atoms with Crippen molar-refractivity contribution in [2.75, 3.05) is 7.11 Å². The van der Waals surface area contributed by atoms with Crippen LogP contribution in [0.2, 0.25) is 0 Å². The first-order valence-electron chi connectivity index (χ1n) is 3.86. The van der Waals surface area contributed by atoms with Crippen molar-refractivity contribution >= 4 is 10.7 Å². The van der Waals surface area contributed by atoms with Gasteiger partial charge < -0.3 is 4.74 Å². The SMILES string of the molecule is COc1cc(C)c(C)cc1[SH](=O)=O. The fourth-order valence-corrected chi connectivity index (χ4v) is 1.72. The van der Waals surface area contributed by atoms with Gasteiger partial charge in [0, 0.05) is 0 Å². The average molecular weight is 200 g/mol. The molecule has 3 nitrogen and oxygen atoms in total. The van der Waals surface area contributed by atoms with Crippen molar-refractivity contribution in [3.63, 3.8) is 0 Å². The number of hydrogen-bond acceptors (Lipinski definition) is 3. The topological polar surface area (TPSA) is 43.4 Å². The summed E-state index contributed by atoms with van der Waals surface area (Å²) in [4.78, 5) is 0.251. The first-order chi connectivity index (χ1) is 6.06. The van der Waals surface area contributed by atoms with Crippen LogP contribution >= 0.6 is 0 Å². The van der Waals surface area contributed by atoms with Crippen molar-refractivity contribution in [3.8, 4) is 5.75 Å². The molecule has 0 aliphatic heterocycles. The Balaban J connectivity index is 3.41. The zero-order valence-electron chi connectivity index (χ0n) is 7.83. The first-order valence-corrected chi connectivity index (χ1v) is 5.03. The summed E-state index contributed by atoms with van der Waals surface area (Å²) in [5.41, 5.74) is 1.98. The number of methoxy groups -OCH3 is 1. The fraction of sp³-hybridized carbons (Fsp3) is 0.333. The third kappa shape index (κ3) is 2.01. The molecular formula is C9H12O3S. The first kappa shape index (κ1) is 10.1. The van der Waals surface area contributed by atoms with Gasteiger partial charge in [-0.25, -0.2) is 8.42 Å². The summed E-state index contributed by atoms with van der Waals surface area (Å²) in [6, 6.07) is 3.36. The molecule has 0 heterocycles. The maximum absolute atomic E-state index is 10.8. The molecule has 0 amide bonds. The second kappa shape index (κ2) is 3.79. The minimum absolute atomic E-state index is 0.251. The Bertz CT molecular complexity index is 386. The van der Waals surface area contributed by atoms with E-state index in [-0.39, 0.29) is 4.90 Å². The van der Waals surface area contributed by atoms with Crippen LogP contribution in [-0.2, 0) is 10.7 Å². The second-order valence-electron chi connectivity index (χ2n) is 2.87. The molecule has 4 heteroatoms. The van der Waals surface area contributed by atoms with Gasteiger partial charge in [0.1, 0.15) is 10.6 Å². The van der Waals surface area contributed by atoms with Gasteiger partial charge in [0.05, 0.1) is 7.11 Å². The van der Waals surface area contributed by atoms with E-state index in [4.69, 9.17) is 4.74 Å². The van der Waals surface area contributed by atoms with Crippen molar-refractivity contribution in [1.29, 1.82) is 0 Å². The highest BCUT2D eigenvalue weighted by Gasteiger charge is 2.07. The molecule has 0 aromatic heterocycles. The minimum atomic E-state index is -2.58. The van der Waals surface area contributed by atoms with Crippen LogP contribution in [0.15, 0.2) is 17.0 Å². The molecule has 0 spiro atoms. The van der Waals surface area contributed by atoms with E-state index in [1.807, 2.05) is 13.8 Å². The number of benzene rings is 1. The Hall–Kier alpha value is -1.03. The lowest BCUT2D eigenvalue weighted by Crippen LogP contribution is -1.93. The van der Waals surface area contributed by atoms with E-state index in [1.54, 1.807) is 12.1 Å². The highest BCUT2D eigenvalue weighted by atomic mass is 32.2. The van der Waals surface area contributed by atoms with Crippen LogP contribution in [-0.4, -0.2) is 15.5 Å². The van der Waals surface area contributed by atoms with Gasteiger partial charge in [-0.2, -0.15) is 0 Å². The monoisotopic (exact) mass is 200 g/mol. The van der Waals surface area contributed by atoms with E-state index in [1.165, 1.54) is 7.11 Å². The standard InChI is InChI=1S/C9H12O3S/c1-6-4-8(12-3)9(13(10)11)5-7(6)2/h4-5,13H,1-3H3. The molecule has 0 atom stereocenters. The molecule has 0 radical (unpaired) electrons. The van der Waals surface area contributed by atoms with Gasteiger partial charge in [-0.1, -0.05) is 0 Å². The summed E-state index contributed by atoms with van der Waals surface area (Å²) >= 11 is 0. The molecule has 1 aromatic rings. The molecule has 13 heavy (non-hydrogen) atoms. The minimum Gasteiger partial charge on any atom is -0.495 e. The van der Waals surface area contributed by atoms with E-state index in [0.717, 1.165) is 11.1 Å². The lowest BCUT2D eigenvalue weighted by atomic mass is 10.1. The number of thiol groups is 1. The van der Waals surface area contributed by atoms with Crippen molar-refractivity contribution in [2.24, 2.45) is 0 Å². The molecule has 0 saturated heterocycles. The van der Waals surface area contributed by atoms with Crippen molar-refractivity contribution in [1.82, 2.24) is 0 Å². The Morgan fingerprint density at radius 1 is 1.15 bits per heavy atom. The van der Waals surface area contributed by atoms with E-state index >= 15 is 0 Å². The quantitative estimate of drug-likeness (QED) is 0.731. The molecular weight excluding hydrogens is 188 g/mol. The predicted octanol–water partition coefficient (Wildman–Crippen LogP) is 1.28. The fourth-order valence-electron chi connectivity index (χ4n) is 1.08. The Morgan fingerprint density at radius 3 is 2.15 bits per heavy atom. The van der Waals surface area contributed by atoms with Crippen LogP contribution < -0.4 is 4.74 Å². The Morgan fingerprint density at radius 2 is 1.69 bits per heavy atom. The summed E-state index contributed by atoms with van der Waals surface area (Å²) in [6.45, 7) is 3.79. The Labute approximate surface area is 79.3 Å². The van der Waals surface area contributed by atoms with Gasteiger partial charge in [0.2, 0.25) is 0 Å². The van der Waals surface area contributed by atoms with Gasteiger partial charge in [-0.3, -0.25) is 0 Å². The highest BCUT2D eigenvalue weighted by Crippen LogP contribution is 2.23. The van der Waals surface area contributed by atoms with Crippen LogP contribution in [0.25, 0.3) is 0 Å². The van der Waals surface area contributed by atoms with Crippen LogP contribution in [0, 0.1) is 13.8 Å². The maximum atomic E-state index is 10.8. The summed E-state index contributed by atoms with van der Waals surface area (Å²) in [7, 11) is -1.11. The van der Waals surface area contributed by atoms with Crippen molar-refractivity contribution < 1.29 is 13.2 Å². The van der Waals surface area contributed by atoms with Crippen LogP contribution in [0.3, 0.4) is 0 Å². The summed E-state index contributed by atoms with van der Waals surface area (Å²) < 4.78 is 26.6. The number of aryl methyl sites for hydroxylation is 2. The number of ether oxygens (including phenoxy) is 1. The molecule has 1 rings (SSSR count). The molecule has 0 saturated carbocycles. The Kier molecular flexibility index (Phi) is 2.93. The predicted molar refractivity (Wildman–Crippen MR) is 51.0 cm³/mol. The van der Waals surface area contributed by atoms with E-state index < -0.39 is 10.7 Å². The molecule has 1 aromatic carbocycles. The van der Waals surface area contributed by atoms with Crippen molar-refractivity contribution in [2.45, 2.75) is 18.7 Å². The van der Waals surface area contributed by atoms with E-state index in [2.05, 4.69) is 0 Å². The summed E-state index contributed by atoms with van der Waals surface area (Å²) in [6.07, 6.45) is 0. The zero-order chi connectivity index (χ0) is 10.0. The van der Waals surface area contributed by atoms with Gasteiger partial charge >= 0.3 is 0 Å². The summed E-state index contributed by atoms with van der Waals surface area (Å²) in [5.74, 6) is 0.416. The molecule has 72 valence electrons. The molecule has 0 aliphatic carbocycles. The van der Waals surface area contributed by atoms with Crippen LogP contribution in [0.5, 0.6) is 5.75 Å². The number of hydrogen-bond donors (Lipinski definition) is 1. The molecule has 0 N–H and O–H groups in total. The molecule has 0 fully saturated rings. The smallest absolute Gasteiger partial charge is 0.171 e. The summed E-state index contributed by atoms with van der Waals surface area (Å²) in [5, 5.41) is 0. The third-order valence-electron chi connectivity index (χ3n) is 1.99. The van der Waals surface area contributed by atoms with Gasteiger partial charge in [-0.15, -0.1) is 0 Å². The largest absolute Gasteiger partial charge is 0.495 e. The van der Waals surface area contributed by atoms with Crippen LogP contribution in [0.1, 0.15) is 11.1 Å². The highest BCUT2D eigenvalue weighted by molar-refractivity contribution is 7.72. The maximum Gasteiger partial charge on any atom is 0.171 e. The molecule has 0 unspecified atom stereocenters. The van der Waals surface area contributed by atoms with Gasteiger partial charge in [0.15, 0.2) is 10.7 Å². The second-order valence-corrected chi connectivity index (χ2v) is 3.86. The van der Waals surface area contributed by atoms with Gasteiger partial charge in [-0.05, 0) is 37.1 Å². The van der Waals surface area contributed by atoms with Crippen molar-refractivity contribution in [3.05, 3.63) is 23.3 Å². The van der Waals surface area contributed by atoms with Gasteiger partial charge in [0.25, 0.3) is 0 Å². The van der Waals surface area contributed by atoms with Crippen LogP contribution in [0.4, 0.5) is 0 Å².